The zero-order chi connectivity index (χ0) is 16.1. The van der Waals surface area contributed by atoms with Gasteiger partial charge >= 0.3 is 6.03 Å². The normalized spacial score (nSPS) is 10.3. The molecule has 7 nitrogen and oxygen atoms in total. The summed E-state index contributed by atoms with van der Waals surface area (Å²) >= 11 is 0. The molecule has 3 amide bonds. The van der Waals surface area contributed by atoms with Gasteiger partial charge in [0.05, 0.1) is 36.0 Å². The van der Waals surface area contributed by atoms with Gasteiger partial charge in [-0.3, -0.25) is 9.78 Å². The van der Waals surface area contributed by atoms with Gasteiger partial charge in [-0.15, -0.1) is 0 Å². The molecule has 0 saturated carbocycles. The Morgan fingerprint density at radius 2 is 1.82 bits per heavy atom. The smallest absolute Gasteiger partial charge is 0.317 e. The molecule has 0 aliphatic carbocycles. The summed E-state index contributed by atoms with van der Waals surface area (Å²) in [6, 6.07) is 7.27. The lowest BCUT2D eigenvalue weighted by atomic mass is 10.3. The van der Waals surface area contributed by atoms with E-state index in [9.17, 15) is 9.59 Å². The molecule has 1 aromatic carbocycles. The van der Waals surface area contributed by atoms with Crippen molar-refractivity contribution >= 4 is 23.0 Å². The van der Waals surface area contributed by atoms with E-state index in [1.165, 1.54) is 9.80 Å². The van der Waals surface area contributed by atoms with Crippen LogP contribution >= 0.6 is 0 Å². The molecular weight excluding hydrogens is 282 g/mol. The first-order valence-electron chi connectivity index (χ1n) is 6.87. The third-order valence-electron chi connectivity index (χ3n) is 3.12. The lowest BCUT2D eigenvalue weighted by Gasteiger charge is -2.18. The fourth-order valence-corrected chi connectivity index (χ4v) is 1.85. The van der Waals surface area contributed by atoms with Crippen LogP contribution < -0.4 is 5.32 Å². The number of aromatic nitrogens is 2. The summed E-state index contributed by atoms with van der Waals surface area (Å²) in [6.45, 7) is 0.295. The summed E-state index contributed by atoms with van der Waals surface area (Å²) in [5.74, 6) is -0.190. The van der Waals surface area contributed by atoms with E-state index in [0.29, 0.717) is 12.2 Å². The van der Waals surface area contributed by atoms with E-state index >= 15 is 0 Å². The van der Waals surface area contributed by atoms with Crippen LogP contribution in [0.25, 0.3) is 11.0 Å². The third kappa shape index (κ3) is 3.91. The monoisotopic (exact) mass is 301 g/mol. The maximum Gasteiger partial charge on any atom is 0.317 e. The fourth-order valence-electron chi connectivity index (χ4n) is 1.85. The van der Waals surface area contributed by atoms with Crippen LogP contribution in [0.4, 0.5) is 4.79 Å². The van der Waals surface area contributed by atoms with E-state index < -0.39 is 0 Å². The van der Waals surface area contributed by atoms with Gasteiger partial charge in [0.1, 0.15) is 0 Å². The lowest BCUT2D eigenvalue weighted by molar-refractivity contribution is -0.129. The Hall–Kier alpha value is -2.70. The maximum atomic E-state index is 12.0. The van der Waals surface area contributed by atoms with Crippen LogP contribution in [0, 0.1) is 0 Å². The van der Waals surface area contributed by atoms with E-state index in [0.717, 1.165) is 11.0 Å². The van der Waals surface area contributed by atoms with Gasteiger partial charge in [-0.05, 0) is 12.1 Å². The molecule has 1 N–H and O–H groups in total. The number of urea groups is 1. The van der Waals surface area contributed by atoms with Crippen molar-refractivity contribution < 1.29 is 9.59 Å². The van der Waals surface area contributed by atoms with E-state index in [2.05, 4.69) is 15.3 Å². The second-order valence-corrected chi connectivity index (χ2v) is 5.15. The fraction of sp³-hybridized carbons (Fsp3) is 0.333. The van der Waals surface area contributed by atoms with Gasteiger partial charge < -0.3 is 15.1 Å². The number of carbonyl (C=O) groups is 2. The van der Waals surface area contributed by atoms with Crippen LogP contribution in [-0.4, -0.2) is 59.4 Å². The summed E-state index contributed by atoms with van der Waals surface area (Å²) in [5.41, 5.74) is 2.31. The van der Waals surface area contributed by atoms with Crippen LogP contribution in [0.3, 0.4) is 0 Å². The third-order valence-corrected chi connectivity index (χ3v) is 3.12. The predicted molar refractivity (Wildman–Crippen MR) is 83.1 cm³/mol. The maximum absolute atomic E-state index is 12.0. The number of carbonyl (C=O) groups excluding carboxylic acids is 2. The number of hydrogen-bond acceptors (Lipinski definition) is 4. The van der Waals surface area contributed by atoms with Gasteiger partial charge in [-0.2, -0.15) is 0 Å². The first-order chi connectivity index (χ1) is 10.5. The summed E-state index contributed by atoms with van der Waals surface area (Å²) in [6.07, 6.45) is 1.66. The second-order valence-electron chi connectivity index (χ2n) is 5.15. The minimum absolute atomic E-state index is 0.0471. The number of nitrogens with zero attached hydrogens (tertiary/aromatic N) is 4. The first kappa shape index (κ1) is 15.7. The number of nitrogens with one attached hydrogen (secondary N) is 1. The van der Waals surface area contributed by atoms with Gasteiger partial charge in [0.25, 0.3) is 0 Å². The number of amides is 3. The molecule has 0 aliphatic rings. The zero-order valence-corrected chi connectivity index (χ0v) is 12.9. The molecule has 0 spiro atoms. The SMILES string of the molecule is CN(C)C(=O)NCC(=O)N(C)Cc1cnc2ccccc2n1. The van der Waals surface area contributed by atoms with Crippen molar-refractivity contribution in [3.63, 3.8) is 0 Å². The van der Waals surface area contributed by atoms with Gasteiger partial charge in [0, 0.05) is 21.1 Å². The van der Waals surface area contributed by atoms with Crippen molar-refractivity contribution in [2.24, 2.45) is 0 Å². The number of benzene rings is 1. The van der Waals surface area contributed by atoms with Crippen molar-refractivity contribution in [2.75, 3.05) is 27.7 Å². The highest BCUT2D eigenvalue weighted by molar-refractivity contribution is 5.83. The largest absolute Gasteiger partial charge is 0.338 e. The van der Waals surface area contributed by atoms with E-state index in [1.54, 1.807) is 27.3 Å². The van der Waals surface area contributed by atoms with Crippen molar-refractivity contribution in [3.8, 4) is 0 Å². The zero-order valence-electron chi connectivity index (χ0n) is 12.9. The summed E-state index contributed by atoms with van der Waals surface area (Å²) in [5, 5.41) is 2.54. The molecule has 2 aromatic rings. The lowest BCUT2D eigenvalue weighted by Crippen LogP contribution is -2.42. The van der Waals surface area contributed by atoms with Crippen LogP contribution in [0.15, 0.2) is 30.5 Å². The van der Waals surface area contributed by atoms with Crippen molar-refractivity contribution in [1.82, 2.24) is 25.1 Å². The van der Waals surface area contributed by atoms with Crippen LogP contribution in [0.2, 0.25) is 0 Å². The molecule has 0 saturated heterocycles. The van der Waals surface area contributed by atoms with Crippen LogP contribution in [-0.2, 0) is 11.3 Å². The number of hydrogen-bond donors (Lipinski definition) is 1. The minimum atomic E-state index is -0.299. The molecule has 0 unspecified atom stereocenters. The Morgan fingerprint density at radius 1 is 1.14 bits per heavy atom. The van der Waals surface area contributed by atoms with E-state index in [-0.39, 0.29) is 18.5 Å². The minimum Gasteiger partial charge on any atom is -0.338 e. The highest BCUT2D eigenvalue weighted by Gasteiger charge is 2.12. The molecule has 0 fully saturated rings. The molecule has 0 atom stereocenters. The highest BCUT2D eigenvalue weighted by atomic mass is 16.2. The van der Waals surface area contributed by atoms with Crippen molar-refractivity contribution in [2.45, 2.75) is 6.54 Å². The standard InChI is InChI=1S/C15H19N5O2/c1-19(2)15(22)17-9-14(21)20(3)10-11-8-16-12-6-4-5-7-13(12)18-11/h4-8H,9-10H2,1-3H3,(H,17,22). The van der Waals surface area contributed by atoms with Gasteiger partial charge in [0.2, 0.25) is 5.91 Å². The Labute approximate surface area is 128 Å². The van der Waals surface area contributed by atoms with Crippen LogP contribution in [0.5, 0.6) is 0 Å². The summed E-state index contributed by atoms with van der Waals surface area (Å²) in [7, 11) is 4.91. The summed E-state index contributed by atoms with van der Waals surface area (Å²) < 4.78 is 0. The second kappa shape index (κ2) is 6.84. The average Bonchev–Trinajstić information content (AvgIpc) is 2.51. The summed E-state index contributed by atoms with van der Waals surface area (Å²) in [4.78, 5) is 35.0. The molecule has 2 rings (SSSR count). The number of likely N-dealkylation sites (N-methyl/N-ethyl adjacent to an activating group) is 1. The topological polar surface area (TPSA) is 78.4 Å². The Bertz CT molecular complexity index is 686. The Kier molecular flexibility index (Phi) is 4.88. The molecule has 22 heavy (non-hydrogen) atoms. The molecule has 116 valence electrons. The molecule has 7 heteroatoms. The van der Waals surface area contributed by atoms with Crippen LogP contribution in [0.1, 0.15) is 5.69 Å². The van der Waals surface area contributed by atoms with E-state index in [4.69, 9.17) is 0 Å². The van der Waals surface area contributed by atoms with Gasteiger partial charge in [0.15, 0.2) is 0 Å². The van der Waals surface area contributed by atoms with Crippen molar-refractivity contribution in [3.05, 3.63) is 36.2 Å². The predicted octanol–water partition coefficient (Wildman–Crippen LogP) is 0.859. The highest BCUT2D eigenvalue weighted by Crippen LogP contribution is 2.09. The average molecular weight is 301 g/mol. The van der Waals surface area contributed by atoms with Gasteiger partial charge in [-0.1, -0.05) is 12.1 Å². The van der Waals surface area contributed by atoms with Crippen molar-refractivity contribution in [1.29, 1.82) is 0 Å². The molecular formula is C15H19N5O2. The van der Waals surface area contributed by atoms with E-state index in [1.807, 2.05) is 24.3 Å². The number of rotatable bonds is 4. The van der Waals surface area contributed by atoms with Gasteiger partial charge in [-0.25, -0.2) is 9.78 Å². The Balaban J connectivity index is 1.96. The molecule has 1 heterocycles. The number of para-hydroxylation sites is 2. The molecule has 0 radical (unpaired) electrons. The molecule has 0 aliphatic heterocycles. The quantitative estimate of drug-likeness (QED) is 0.908. The Morgan fingerprint density at radius 3 is 2.50 bits per heavy atom. The molecule has 0 bridgehead atoms. The first-order valence-corrected chi connectivity index (χ1v) is 6.87. The molecule has 1 aromatic heterocycles. The number of fused-ring (bicyclic) bond motifs is 1.